The largest absolute Gasteiger partial charge is 0.396 e. The normalized spacial score (nSPS) is 10.6. The van der Waals surface area contributed by atoms with Crippen molar-refractivity contribution in [2.45, 2.75) is 0 Å². The van der Waals surface area contributed by atoms with Crippen molar-refractivity contribution < 1.29 is 4.39 Å². The molecule has 0 amide bonds. The molecule has 15 heavy (non-hydrogen) atoms. The molecule has 0 radical (unpaired) electrons. The summed E-state index contributed by atoms with van der Waals surface area (Å²) in [5, 5.41) is 3.67. The second kappa shape index (κ2) is 3.80. The number of pyridine rings is 1. The molecule has 2 aromatic rings. The van der Waals surface area contributed by atoms with Crippen LogP contribution in [0.2, 0.25) is 0 Å². The zero-order valence-corrected chi connectivity index (χ0v) is 10.2. The number of hydrogen-bond acceptors (Lipinski definition) is 3. The number of aromatic nitrogens is 1. The summed E-state index contributed by atoms with van der Waals surface area (Å²) in [5.74, 6) is -0.326. The van der Waals surface area contributed by atoms with E-state index in [1.54, 1.807) is 7.05 Å². The molecule has 5 heteroatoms. The number of anilines is 2. The fourth-order valence-electron chi connectivity index (χ4n) is 1.52. The maximum absolute atomic E-state index is 13.6. The van der Waals surface area contributed by atoms with Gasteiger partial charge in [-0.2, -0.15) is 0 Å². The van der Waals surface area contributed by atoms with Crippen molar-refractivity contribution in [2.24, 2.45) is 0 Å². The third-order valence-corrected chi connectivity index (χ3v) is 2.79. The van der Waals surface area contributed by atoms with E-state index >= 15 is 0 Å². The number of hydrogen-bond donors (Lipinski definition) is 2. The number of nitrogens with zero attached hydrogens (tertiary/aromatic N) is 1. The first-order chi connectivity index (χ1) is 7.13. The van der Waals surface area contributed by atoms with Crippen molar-refractivity contribution in [3.63, 3.8) is 0 Å². The van der Waals surface area contributed by atoms with E-state index in [1.165, 1.54) is 12.3 Å². The second-order valence-electron chi connectivity index (χ2n) is 3.12. The number of nitrogens with two attached hydrogens (primary N) is 1. The third kappa shape index (κ3) is 1.71. The van der Waals surface area contributed by atoms with Crippen molar-refractivity contribution in [1.29, 1.82) is 0 Å². The predicted octanol–water partition coefficient (Wildman–Crippen LogP) is 2.60. The number of rotatable bonds is 1. The number of halogens is 2. The van der Waals surface area contributed by atoms with E-state index < -0.39 is 0 Å². The number of benzene rings is 1. The summed E-state index contributed by atoms with van der Waals surface area (Å²) in [7, 11) is 1.75. The Bertz CT molecular complexity index is 528. The first kappa shape index (κ1) is 10.4. The minimum Gasteiger partial charge on any atom is -0.396 e. The van der Waals surface area contributed by atoms with Gasteiger partial charge in [0, 0.05) is 16.0 Å². The van der Waals surface area contributed by atoms with Gasteiger partial charge in [-0.15, -0.1) is 0 Å². The van der Waals surface area contributed by atoms with Gasteiger partial charge in [-0.1, -0.05) is 0 Å². The summed E-state index contributed by atoms with van der Waals surface area (Å²) >= 11 is 2.06. The van der Waals surface area contributed by atoms with Crippen LogP contribution in [0.3, 0.4) is 0 Å². The summed E-state index contributed by atoms with van der Waals surface area (Å²) in [5.41, 5.74) is 7.33. The zero-order valence-electron chi connectivity index (χ0n) is 8.01. The zero-order chi connectivity index (χ0) is 11.0. The van der Waals surface area contributed by atoms with Crippen molar-refractivity contribution in [3.8, 4) is 0 Å². The van der Waals surface area contributed by atoms with Gasteiger partial charge in [-0.05, 0) is 34.7 Å². The summed E-state index contributed by atoms with van der Waals surface area (Å²) < 4.78 is 14.4. The predicted molar refractivity (Wildman–Crippen MR) is 68.4 cm³/mol. The lowest BCUT2D eigenvalue weighted by Crippen LogP contribution is -1.99. The van der Waals surface area contributed by atoms with Gasteiger partial charge in [0.1, 0.15) is 5.52 Å². The first-order valence-electron chi connectivity index (χ1n) is 4.34. The van der Waals surface area contributed by atoms with Crippen LogP contribution in [-0.2, 0) is 0 Å². The lowest BCUT2D eigenvalue weighted by Gasteiger charge is -2.09. The van der Waals surface area contributed by atoms with Crippen molar-refractivity contribution in [1.82, 2.24) is 4.98 Å². The van der Waals surface area contributed by atoms with Gasteiger partial charge in [0.25, 0.3) is 0 Å². The Morgan fingerprint density at radius 3 is 2.87 bits per heavy atom. The minimum atomic E-state index is -0.326. The molecule has 0 bridgehead atoms. The fraction of sp³-hybridized carbons (Fsp3) is 0.100. The monoisotopic (exact) mass is 317 g/mol. The SMILES string of the molecule is CNc1c(N)cnc2c(F)cc(I)cc12. The molecule has 78 valence electrons. The maximum atomic E-state index is 13.6. The number of fused-ring (bicyclic) bond motifs is 1. The lowest BCUT2D eigenvalue weighted by atomic mass is 10.1. The van der Waals surface area contributed by atoms with E-state index in [4.69, 9.17) is 5.73 Å². The highest BCUT2D eigenvalue weighted by atomic mass is 127. The van der Waals surface area contributed by atoms with E-state index in [-0.39, 0.29) is 5.82 Å². The van der Waals surface area contributed by atoms with Crippen LogP contribution in [0.5, 0.6) is 0 Å². The van der Waals surface area contributed by atoms with Crippen LogP contribution in [0.1, 0.15) is 0 Å². The first-order valence-corrected chi connectivity index (χ1v) is 5.42. The standard InChI is InChI=1S/C10H9FIN3/c1-14-10-6-2-5(12)3-7(11)9(6)15-4-8(10)13/h2-4H,13H2,1H3,(H,14,15). The van der Waals surface area contributed by atoms with E-state index in [9.17, 15) is 4.39 Å². The van der Waals surface area contributed by atoms with Crippen LogP contribution >= 0.6 is 22.6 Å². The Hall–Kier alpha value is -1.11. The Labute approximate surface area is 100 Å². The molecule has 0 atom stereocenters. The molecule has 1 heterocycles. The molecule has 1 aromatic carbocycles. The van der Waals surface area contributed by atoms with E-state index in [0.717, 1.165) is 9.26 Å². The van der Waals surface area contributed by atoms with E-state index in [2.05, 4.69) is 32.9 Å². The Kier molecular flexibility index (Phi) is 2.64. The van der Waals surface area contributed by atoms with Gasteiger partial charge in [-0.25, -0.2) is 4.39 Å². The molecule has 0 aliphatic carbocycles. The molecule has 0 saturated heterocycles. The van der Waals surface area contributed by atoms with Crippen LogP contribution in [0.4, 0.5) is 15.8 Å². The highest BCUT2D eigenvalue weighted by molar-refractivity contribution is 14.1. The van der Waals surface area contributed by atoms with Crippen LogP contribution in [0.25, 0.3) is 10.9 Å². The summed E-state index contributed by atoms with van der Waals surface area (Å²) in [6.07, 6.45) is 1.46. The molecule has 2 rings (SSSR count). The average molecular weight is 317 g/mol. The summed E-state index contributed by atoms with van der Waals surface area (Å²) in [4.78, 5) is 3.99. The third-order valence-electron chi connectivity index (χ3n) is 2.17. The van der Waals surface area contributed by atoms with Crippen molar-refractivity contribution in [2.75, 3.05) is 18.1 Å². The summed E-state index contributed by atoms with van der Waals surface area (Å²) in [6.45, 7) is 0. The molecule has 3 N–H and O–H groups in total. The summed E-state index contributed by atoms with van der Waals surface area (Å²) in [6, 6.07) is 3.31. The van der Waals surface area contributed by atoms with Crippen LogP contribution in [-0.4, -0.2) is 12.0 Å². The molecule has 3 nitrogen and oxygen atoms in total. The Morgan fingerprint density at radius 1 is 1.47 bits per heavy atom. The van der Waals surface area contributed by atoms with Crippen molar-refractivity contribution >= 4 is 44.9 Å². The van der Waals surface area contributed by atoms with Crippen LogP contribution < -0.4 is 11.1 Å². The Balaban J connectivity index is 2.91. The molecule has 0 spiro atoms. The van der Waals surface area contributed by atoms with Gasteiger partial charge >= 0.3 is 0 Å². The van der Waals surface area contributed by atoms with Crippen LogP contribution in [0.15, 0.2) is 18.3 Å². The Morgan fingerprint density at radius 2 is 2.20 bits per heavy atom. The highest BCUT2D eigenvalue weighted by Gasteiger charge is 2.09. The lowest BCUT2D eigenvalue weighted by molar-refractivity contribution is 0.636. The molecule has 0 saturated carbocycles. The highest BCUT2D eigenvalue weighted by Crippen LogP contribution is 2.30. The molecule has 0 unspecified atom stereocenters. The van der Waals surface area contributed by atoms with Gasteiger partial charge in [0.2, 0.25) is 0 Å². The molecule has 0 aliphatic rings. The second-order valence-corrected chi connectivity index (χ2v) is 4.37. The molecule has 0 aliphatic heterocycles. The smallest absolute Gasteiger partial charge is 0.150 e. The van der Waals surface area contributed by atoms with E-state index in [1.807, 2.05) is 6.07 Å². The molecular weight excluding hydrogens is 308 g/mol. The molecule has 0 fully saturated rings. The van der Waals surface area contributed by atoms with Gasteiger partial charge in [0.15, 0.2) is 5.82 Å². The van der Waals surface area contributed by atoms with E-state index in [0.29, 0.717) is 16.6 Å². The topological polar surface area (TPSA) is 50.9 Å². The van der Waals surface area contributed by atoms with Gasteiger partial charge in [-0.3, -0.25) is 4.98 Å². The minimum absolute atomic E-state index is 0.326. The average Bonchev–Trinajstić information content (AvgIpc) is 2.17. The van der Waals surface area contributed by atoms with Crippen LogP contribution in [0, 0.1) is 9.39 Å². The quantitative estimate of drug-likeness (QED) is 0.795. The van der Waals surface area contributed by atoms with Gasteiger partial charge < -0.3 is 11.1 Å². The fourth-order valence-corrected chi connectivity index (χ4v) is 2.11. The van der Waals surface area contributed by atoms with Gasteiger partial charge in [0.05, 0.1) is 17.6 Å². The number of nitrogens with one attached hydrogen (secondary N) is 1. The molecule has 1 aromatic heterocycles. The maximum Gasteiger partial charge on any atom is 0.150 e. The number of nitrogen functional groups attached to an aromatic ring is 1. The van der Waals surface area contributed by atoms with Crippen molar-refractivity contribution in [3.05, 3.63) is 27.7 Å². The molecular formula is C10H9FIN3.